The summed E-state index contributed by atoms with van der Waals surface area (Å²) in [6, 6.07) is 13.5. The van der Waals surface area contributed by atoms with Gasteiger partial charge in [-0.3, -0.25) is 4.98 Å². The zero-order valence-electron chi connectivity index (χ0n) is 14.8. The van der Waals surface area contributed by atoms with E-state index in [2.05, 4.69) is 4.98 Å². The Balaban J connectivity index is 1.48. The van der Waals surface area contributed by atoms with Crippen LogP contribution in [0.1, 0.15) is 43.2 Å². The van der Waals surface area contributed by atoms with Crippen LogP contribution in [0.4, 0.5) is 4.79 Å². The first-order valence-corrected chi connectivity index (χ1v) is 9.28. The molecule has 2 aliphatic heterocycles. The van der Waals surface area contributed by atoms with Crippen molar-refractivity contribution in [3.63, 3.8) is 0 Å². The van der Waals surface area contributed by atoms with Gasteiger partial charge in [0.25, 0.3) is 0 Å². The number of ether oxygens (including phenoxy) is 1. The highest BCUT2D eigenvalue weighted by molar-refractivity contribution is 5.69. The number of hydrogen-bond acceptors (Lipinski definition) is 4. The van der Waals surface area contributed by atoms with E-state index in [1.54, 1.807) is 12.4 Å². The number of piperidine rings is 2. The van der Waals surface area contributed by atoms with E-state index in [0.29, 0.717) is 12.8 Å². The summed E-state index contributed by atoms with van der Waals surface area (Å²) < 4.78 is 5.57. The molecule has 136 valence electrons. The van der Waals surface area contributed by atoms with Gasteiger partial charge < -0.3 is 14.7 Å². The van der Waals surface area contributed by atoms with Gasteiger partial charge in [-0.15, -0.1) is 0 Å². The van der Waals surface area contributed by atoms with Crippen molar-refractivity contribution in [1.29, 1.82) is 0 Å². The van der Waals surface area contributed by atoms with E-state index in [1.165, 1.54) is 0 Å². The second kappa shape index (κ2) is 7.08. The van der Waals surface area contributed by atoms with Crippen LogP contribution in [0.25, 0.3) is 0 Å². The molecule has 2 bridgehead atoms. The van der Waals surface area contributed by atoms with Crippen LogP contribution >= 0.6 is 0 Å². The quantitative estimate of drug-likeness (QED) is 0.916. The monoisotopic (exact) mass is 352 g/mol. The molecule has 2 saturated heterocycles. The predicted molar refractivity (Wildman–Crippen MR) is 97.3 cm³/mol. The fraction of sp³-hybridized carbons (Fsp3) is 0.429. The summed E-state index contributed by atoms with van der Waals surface area (Å²) in [4.78, 5) is 18.8. The Labute approximate surface area is 153 Å². The molecule has 2 atom stereocenters. The molecular formula is C21H24N2O3. The van der Waals surface area contributed by atoms with E-state index in [0.717, 1.165) is 30.4 Å². The van der Waals surface area contributed by atoms with E-state index in [4.69, 9.17) is 4.74 Å². The summed E-state index contributed by atoms with van der Waals surface area (Å²) in [5.41, 5.74) is 0.907. The standard InChI is InChI=1S/C21H24N2O3/c24-20(26-15-16-6-2-1-3-7-16)23-18-9-4-10-19(23)13-21(25,12-18)17-8-5-11-22-14-17/h1-3,5-8,11,14,18-19,25H,4,9-10,12-13,15H2. The van der Waals surface area contributed by atoms with Gasteiger partial charge in [0.1, 0.15) is 6.61 Å². The second-order valence-electron chi connectivity index (χ2n) is 7.37. The van der Waals surface area contributed by atoms with Crippen LogP contribution in [0.3, 0.4) is 0 Å². The van der Waals surface area contributed by atoms with Gasteiger partial charge >= 0.3 is 6.09 Å². The first-order valence-electron chi connectivity index (χ1n) is 9.28. The molecular weight excluding hydrogens is 328 g/mol. The van der Waals surface area contributed by atoms with Gasteiger partial charge in [0.2, 0.25) is 0 Å². The van der Waals surface area contributed by atoms with Crippen molar-refractivity contribution in [1.82, 2.24) is 9.88 Å². The Hall–Kier alpha value is -2.40. The molecule has 1 N–H and O–H groups in total. The average Bonchev–Trinajstić information content (AvgIpc) is 2.67. The van der Waals surface area contributed by atoms with Gasteiger partial charge in [-0.05, 0) is 30.9 Å². The number of pyridine rings is 1. The van der Waals surface area contributed by atoms with Crippen molar-refractivity contribution in [3.05, 3.63) is 66.0 Å². The molecule has 26 heavy (non-hydrogen) atoms. The number of aromatic nitrogens is 1. The molecule has 3 heterocycles. The predicted octanol–water partition coefficient (Wildman–Crippen LogP) is 3.62. The maximum atomic E-state index is 12.7. The van der Waals surface area contributed by atoms with Gasteiger partial charge in [-0.25, -0.2) is 4.79 Å². The number of amides is 1. The van der Waals surface area contributed by atoms with Crippen molar-refractivity contribution < 1.29 is 14.6 Å². The molecule has 0 saturated carbocycles. The molecule has 2 unspecified atom stereocenters. The Bertz CT molecular complexity index is 736. The highest BCUT2D eigenvalue weighted by Gasteiger charge is 2.48. The molecule has 0 radical (unpaired) electrons. The highest BCUT2D eigenvalue weighted by atomic mass is 16.6. The lowest BCUT2D eigenvalue weighted by Gasteiger charge is -2.51. The lowest BCUT2D eigenvalue weighted by Crippen LogP contribution is -2.58. The maximum Gasteiger partial charge on any atom is 0.410 e. The molecule has 5 heteroatoms. The number of hydrogen-bond donors (Lipinski definition) is 1. The summed E-state index contributed by atoms with van der Waals surface area (Å²) in [5, 5.41) is 11.2. The molecule has 0 aliphatic carbocycles. The minimum Gasteiger partial charge on any atom is -0.445 e. The molecule has 4 rings (SSSR count). The lowest BCUT2D eigenvalue weighted by atomic mass is 9.73. The smallest absolute Gasteiger partial charge is 0.410 e. The van der Waals surface area contributed by atoms with Gasteiger partial charge in [0.15, 0.2) is 0 Å². The zero-order valence-corrected chi connectivity index (χ0v) is 14.8. The van der Waals surface area contributed by atoms with Crippen LogP contribution in [0.5, 0.6) is 0 Å². The van der Waals surface area contributed by atoms with Gasteiger partial charge in [0, 0.05) is 42.9 Å². The second-order valence-corrected chi connectivity index (χ2v) is 7.37. The van der Waals surface area contributed by atoms with E-state index in [1.807, 2.05) is 47.4 Å². The Morgan fingerprint density at radius 3 is 2.54 bits per heavy atom. The normalized spacial score (nSPS) is 27.8. The third-order valence-corrected chi connectivity index (χ3v) is 5.62. The summed E-state index contributed by atoms with van der Waals surface area (Å²) in [6.45, 7) is 0.280. The maximum absolute atomic E-state index is 12.7. The summed E-state index contributed by atoms with van der Waals surface area (Å²) in [5.74, 6) is 0. The molecule has 2 aliphatic rings. The average molecular weight is 352 g/mol. The summed E-state index contributed by atoms with van der Waals surface area (Å²) in [7, 11) is 0. The highest BCUT2D eigenvalue weighted by Crippen LogP contribution is 2.44. The summed E-state index contributed by atoms with van der Waals surface area (Å²) in [6.07, 6.45) is 7.14. The Kier molecular flexibility index (Phi) is 4.64. The fourth-order valence-electron chi connectivity index (χ4n) is 4.39. The minimum absolute atomic E-state index is 0.0102. The Morgan fingerprint density at radius 2 is 1.88 bits per heavy atom. The lowest BCUT2D eigenvalue weighted by molar-refractivity contribution is -0.0897. The fourth-order valence-corrected chi connectivity index (χ4v) is 4.39. The van der Waals surface area contributed by atoms with Crippen molar-refractivity contribution in [3.8, 4) is 0 Å². The van der Waals surface area contributed by atoms with Crippen LogP contribution in [0.2, 0.25) is 0 Å². The molecule has 1 aromatic heterocycles. The number of fused-ring (bicyclic) bond motifs is 2. The van der Waals surface area contributed by atoms with Gasteiger partial charge in [0.05, 0.1) is 5.60 Å². The van der Waals surface area contributed by atoms with Crippen molar-refractivity contribution >= 4 is 6.09 Å². The number of carbonyl (C=O) groups excluding carboxylic acids is 1. The molecule has 5 nitrogen and oxygen atoms in total. The van der Waals surface area contributed by atoms with Crippen molar-refractivity contribution in [2.24, 2.45) is 0 Å². The number of carbonyl (C=O) groups is 1. The van der Waals surface area contributed by atoms with Crippen molar-refractivity contribution in [2.45, 2.75) is 56.4 Å². The minimum atomic E-state index is -0.916. The number of nitrogens with zero attached hydrogens (tertiary/aromatic N) is 2. The number of rotatable bonds is 3. The third-order valence-electron chi connectivity index (χ3n) is 5.62. The molecule has 1 amide bonds. The molecule has 0 spiro atoms. The zero-order chi connectivity index (χ0) is 18.0. The third kappa shape index (κ3) is 3.31. The summed E-state index contributed by atoms with van der Waals surface area (Å²) >= 11 is 0. The molecule has 2 aromatic rings. The number of benzene rings is 1. The first-order chi connectivity index (χ1) is 12.7. The molecule has 2 fully saturated rings. The Morgan fingerprint density at radius 1 is 1.15 bits per heavy atom. The van der Waals surface area contributed by atoms with Crippen LogP contribution < -0.4 is 0 Å². The van der Waals surface area contributed by atoms with E-state index in [-0.39, 0.29) is 24.8 Å². The largest absolute Gasteiger partial charge is 0.445 e. The van der Waals surface area contributed by atoms with Gasteiger partial charge in [-0.2, -0.15) is 0 Å². The van der Waals surface area contributed by atoms with E-state index >= 15 is 0 Å². The van der Waals surface area contributed by atoms with Crippen LogP contribution in [-0.2, 0) is 16.9 Å². The van der Waals surface area contributed by atoms with Crippen molar-refractivity contribution in [2.75, 3.05) is 0 Å². The van der Waals surface area contributed by atoms with Crippen LogP contribution in [0, 0.1) is 0 Å². The number of aliphatic hydroxyl groups is 1. The van der Waals surface area contributed by atoms with Crippen LogP contribution in [-0.4, -0.2) is 33.2 Å². The van der Waals surface area contributed by atoms with Crippen LogP contribution in [0.15, 0.2) is 54.9 Å². The van der Waals surface area contributed by atoms with E-state index in [9.17, 15) is 9.90 Å². The topological polar surface area (TPSA) is 62.7 Å². The van der Waals surface area contributed by atoms with E-state index < -0.39 is 5.60 Å². The molecule has 1 aromatic carbocycles. The van der Waals surface area contributed by atoms with Gasteiger partial charge in [-0.1, -0.05) is 36.4 Å². The SMILES string of the molecule is O=C(OCc1ccccc1)N1C2CCCC1CC(O)(c1cccnc1)C2. The first kappa shape index (κ1) is 17.0.